The molecule has 3 saturated heterocycles. The second-order valence-electron chi connectivity index (χ2n) is 13.1. The highest BCUT2D eigenvalue weighted by molar-refractivity contribution is 7.08. The minimum atomic E-state index is -1.02. The topological polar surface area (TPSA) is 0 Å². The zero-order valence-corrected chi connectivity index (χ0v) is 29.1. The molecule has 3 rings (SSSR count). The highest BCUT2D eigenvalue weighted by Gasteiger charge is 2.63. The van der Waals surface area contributed by atoms with E-state index in [1.165, 1.54) is 12.8 Å². The third-order valence-corrected chi connectivity index (χ3v) is 54.0. The van der Waals surface area contributed by atoms with Gasteiger partial charge < -0.3 is 0 Å². The summed E-state index contributed by atoms with van der Waals surface area (Å²) >= 11 is 0. The van der Waals surface area contributed by atoms with Crippen LogP contribution < -0.4 is 0 Å². The lowest BCUT2D eigenvalue weighted by Crippen LogP contribution is -2.59. The van der Waals surface area contributed by atoms with Gasteiger partial charge in [-0.05, 0) is 9.32 Å². The van der Waals surface area contributed by atoms with Gasteiger partial charge in [0.2, 0.25) is 0 Å². The number of unbranched alkanes of at least 4 members (excludes halogenated alkanes) is 2. The maximum atomic E-state index is 2.98. The summed E-state index contributed by atoms with van der Waals surface area (Å²) < 4.78 is 2.96. The van der Waals surface area contributed by atoms with Crippen molar-refractivity contribution in [1.82, 2.24) is 0 Å². The van der Waals surface area contributed by atoms with Crippen LogP contribution >= 0.6 is 0 Å². The first-order chi connectivity index (χ1) is 13.6. The monoisotopic (exact) mass is 498 g/mol. The van der Waals surface area contributed by atoms with Crippen molar-refractivity contribution in [3.05, 3.63) is 0 Å². The van der Waals surface area contributed by atoms with Crippen LogP contribution in [0.4, 0.5) is 0 Å². The third-order valence-electron chi connectivity index (χ3n) is 12.1. The SMILES string of the molecule is CCCC[SiH](C)C1(C)C[SiH](CCCC)C2(C)CCC[Si]2(C)C[SiH]2CCC2([SiH3])[SiH]1C. The molecule has 0 N–H and O–H groups in total. The van der Waals surface area contributed by atoms with Gasteiger partial charge in [-0.1, -0.05) is 132 Å². The molecule has 8 atom stereocenters. The van der Waals surface area contributed by atoms with E-state index < -0.39 is 43.3 Å². The Kier molecular flexibility index (Phi) is 7.98. The van der Waals surface area contributed by atoms with Crippen LogP contribution in [0.5, 0.6) is 0 Å². The van der Waals surface area contributed by atoms with E-state index in [0.717, 1.165) is 13.6 Å². The minimum Gasteiger partial charge on any atom is -0.0719 e. The molecule has 0 aromatic heterocycles. The van der Waals surface area contributed by atoms with Gasteiger partial charge >= 0.3 is 0 Å². The summed E-state index contributed by atoms with van der Waals surface area (Å²) in [6, 6.07) is 8.76. The fraction of sp³-hybridized carbons (Fsp3) is 1.00. The first-order valence-electron chi connectivity index (χ1n) is 13.6. The largest absolute Gasteiger partial charge is 0.0719 e. The van der Waals surface area contributed by atoms with E-state index in [9.17, 15) is 0 Å². The molecule has 0 saturated carbocycles. The van der Waals surface area contributed by atoms with Gasteiger partial charge in [-0.15, -0.1) is 0 Å². The normalized spacial score (nSPS) is 48.7. The molecule has 0 nitrogen and oxygen atoms in total. The van der Waals surface area contributed by atoms with Gasteiger partial charge in [0.15, 0.2) is 0 Å². The summed E-state index contributed by atoms with van der Waals surface area (Å²) in [5.41, 5.74) is 1.92. The number of hydrogen-bond donors (Lipinski definition) is 0. The van der Waals surface area contributed by atoms with Crippen molar-refractivity contribution in [1.29, 1.82) is 0 Å². The molecule has 0 aliphatic carbocycles. The van der Waals surface area contributed by atoms with Crippen molar-refractivity contribution >= 4 is 53.5 Å². The third kappa shape index (κ3) is 4.18. The second kappa shape index (κ2) is 9.28. The molecule has 29 heavy (non-hydrogen) atoms. The number of hydrogen-bond acceptors (Lipinski definition) is 0. The Morgan fingerprint density at radius 2 is 1.79 bits per heavy atom. The Hall–Kier alpha value is 1.30. The standard InChI is InChI=1S/C23H54Si6/c1-8-10-15-25(5)21(3)19-27(16-11-9-2)22(4)13-12-18-29(22,7)20-28-17-14-23(28,24)26(21)6/h25-28H,8-20H2,1-7,24H3. The molecule has 3 heterocycles. The van der Waals surface area contributed by atoms with Crippen LogP contribution in [0, 0.1) is 0 Å². The van der Waals surface area contributed by atoms with Crippen LogP contribution in [-0.2, 0) is 0 Å². The van der Waals surface area contributed by atoms with Crippen molar-refractivity contribution in [3.8, 4) is 0 Å². The van der Waals surface area contributed by atoms with Crippen molar-refractivity contribution in [3.63, 3.8) is 0 Å². The van der Waals surface area contributed by atoms with Gasteiger partial charge in [-0.2, -0.15) is 0 Å². The van der Waals surface area contributed by atoms with Crippen molar-refractivity contribution in [2.75, 3.05) is 0 Å². The van der Waals surface area contributed by atoms with E-state index in [4.69, 9.17) is 0 Å². The van der Waals surface area contributed by atoms with Crippen molar-refractivity contribution in [2.24, 2.45) is 0 Å². The lowest BCUT2D eigenvalue weighted by atomic mass is 10.3. The zero-order valence-electron chi connectivity index (χ0n) is 21.5. The fourth-order valence-electron chi connectivity index (χ4n) is 8.74. The molecule has 0 aromatic rings. The molecule has 3 aliphatic rings. The first kappa shape index (κ1) is 24.9. The Balaban J connectivity index is 2.05. The lowest BCUT2D eigenvalue weighted by molar-refractivity contribution is 0.700. The summed E-state index contributed by atoms with van der Waals surface area (Å²) in [7, 11) is -1.82. The summed E-state index contributed by atoms with van der Waals surface area (Å²) in [5.74, 6) is 0. The highest BCUT2D eigenvalue weighted by Crippen LogP contribution is 2.66. The van der Waals surface area contributed by atoms with E-state index in [1.807, 2.05) is 11.7 Å². The van der Waals surface area contributed by atoms with E-state index in [1.54, 1.807) is 66.5 Å². The van der Waals surface area contributed by atoms with E-state index in [0.29, 0.717) is 0 Å². The Morgan fingerprint density at radius 3 is 2.38 bits per heavy atom. The van der Waals surface area contributed by atoms with E-state index in [2.05, 4.69) is 47.3 Å². The quantitative estimate of drug-likeness (QED) is 0.390. The molecule has 3 fully saturated rings. The average molecular weight is 499 g/mol. The van der Waals surface area contributed by atoms with E-state index in [-0.39, 0.29) is 0 Å². The van der Waals surface area contributed by atoms with Crippen LogP contribution in [0.15, 0.2) is 0 Å². The predicted molar refractivity (Wildman–Crippen MR) is 154 cm³/mol. The molecule has 0 bridgehead atoms. The Morgan fingerprint density at radius 1 is 1.10 bits per heavy atom. The van der Waals surface area contributed by atoms with Gasteiger partial charge in [0, 0.05) is 45.4 Å². The molecule has 170 valence electrons. The molecule has 0 spiro atoms. The Bertz CT molecular complexity index is 572. The molecule has 6 heteroatoms. The summed E-state index contributed by atoms with van der Waals surface area (Å²) in [5, 5.41) is 0. The van der Waals surface area contributed by atoms with Crippen LogP contribution in [0.2, 0.25) is 69.1 Å². The minimum absolute atomic E-state index is 0.444. The molecule has 0 radical (unpaired) electrons. The van der Waals surface area contributed by atoms with Crippen LogP contribution in [0.3, 0.4) is 0 Å². The van der Waals surface area contributed by atoms with E-state index >= 15 is 0 Å². The van der Waals surface area contributed by atoms with Gasteiger partial charge in [0.05, 0.1) is 8.07 Å². The molecule has 8 unspecified atom stereocenters. The molecule has 3 aliphatic heterocycles. The fourth-order valence-corrected chi connectivity index (χ4v) is 59.0. The Labute approximate surface area is 194 Å². The molecule has 0 amide bonds. The smallest absolute Gasteiger partial charge is 0.0506 e. The lowest BCUT2D eigenvalue weighted by Gasteiger charge is -2.57. The maximum Gasteiger partial charge on any atom is 0.0506 e. The molecule has 0 aromatic carbocycles. The van der Waals surface area contributed by atoms with Gasteiger partial charge in [-0.25, -0.2) is 0 Å². The number of rotatable bonds is 7. The molecular weight excluding hydrogens is 445 g/mol. The summed E-state index contributed by atoms with van der Waals surface area (Å²) in [6.45, 7) is 19.6. The van der Waals surface area contributed by atoms with Gasteiger partial charge in [-0.3, -0.25) is 0 Å². The summed E-state index contributed by atoms with van der Waals surface area (Å²) in [6.07, 6.45) is 11.1. The second-order valence-corrected chi connectivity index (χ2v) is 40.3. The zero-order chi connectivity index (χ0) is 21.5. The predicted octanol–water partition coefficient (Wildman–Crippen LogP) is 5.79. The maximum absolute atomic E-state index is 2.98. The van der Waals surface area contributed by atoms with Crippen LogP contribution in [0.25, 0.3) is 0 Å². The van der Waals surface area contributed by atoms with Crippen molar-refractivity contribution in [2.45, 2.75) is 142 Å². The first-order valence-corrected chi connectivity index (χ1v) is 26.8. The van der Waals surface area contributed by atoms with Crippen LogP contribution in [0.1, 0.15) is 72.6 Å². The summed E-state index contributed by atoms with van der Waals surface area (Å²) in [4.78, 5) is 0. The van der Waals surface area contributed by atoms with Gasteiger partial charge in [0.1, 0.15) is 0 Å². The average Bonchev–Trinajstić information content (AvgIpc) is 3.00. The van der Waals surface area contributed by atoms with Crippen molar-refractivity contribution < 1.29 is 0 Å². The highest BCUT2D eigenvalue weighted by atomic mass is 28.4. The molecular formula is C23H54Si6. The number of fused-ring (bicyclic) bond motifs is 2. The van der Waals surface area contributed by atoms with Crippen LogP contribution in [-0.4, -0.2) is 53.5 Å². The van der Waals surface area contributed by atoms with Gasteiger partial charge in [0.25, 0.3) is 0 Å².